The lowest BCUT2D eigenvalue weighted by molar-refractivity contribution is 0.117. The molecule has 0 saturated heterocycles. The molecule has 0 saturated carbocycles. The molecule has 8 nitrogen and oxygen atoms in total. The molecule has 1 aliphatic rings. The standard InChI is InChI=1S/C37H42N2O6S/c1-7-44-30-22-35(42-5)32(36(23-30)43-6)25-39(24-28-14-10-8-11-15-28)33-21-29-18-19-37(3,45-34(29)20-27(33)2)26-38(4)46(40,41)31-16-12-9-13-17-31/h8-23H,7,24-26H2,1-6H3. The van der Waals surface area contributed by atoms with E-state index >= 15 is 0 Å². The summed E-state index contributed by atoms with van der Waals surface area (Å²) in [5, 5.41) is 0. The van der Waals surface area contributed by atoms with E-state index in [1.165, 1.54) is 4.31 Å². The Morgan fingerprint density at radius 3 is 2.11 bits per heavy atom. The average Bonchev–Trinajstić information content (AvgIpc) is 3.05. The second kappa shape index (κ2) is 13.9. The minimum Gasteiger partial charge on any atom is -0.496 e. The zero-order valence-corrected chi connectivity index (χ0v) is 28.1. The number of rotatable bonds is 13. The number of benzene rings is 4. The van der Waals surface area contributed by atoms with E-state index in [0.717, 1.165) is 27.9 Å². The largest absolute Gasteiger partial charge is 0.496 e. The fourth-order valence-corrected chi connectivity index (χ4v) is 7.06. The Labute approximate surface area is 272 Å². The fraction of sp³-hybridized carbons (Fsp3) is 0.297. The highest BCUT2D eigenvalue weighted by Crippen LogP contribution is 2.40. The predicted molar refractivity (Wildman–Crippen MR) is 183 cm³/mol. The van der Waals surface area contributed by atoms with Gasteiger partial charge in [0.1, 0.15) is 28.6 Å². The molecule has 1 unspecified atom stereocenters. The van der Waals surface area contributed by atoms with E-state index in [-0.39, 0.29) is 11.4 Å². The first-order valence-electron chi connectivity index (χ1n) is 15.3. The number of sulfonamides is 1. The average molecular weight is 643 g/mol. The Morgan fingerprint density at radius 1 is 0.870 bits per heavy atom. The van der Waals surface area contributed by atoms with E-state index in [0.29, 0.717) is 42.7 Å². The number of anilines is 1. The van der Waals surface area contributed by atoms with E-state index in [1.807, 2.05) is 62.4 Å². The molecule has 0 amide bonds. The third kappa shape index (κ3) is 7.16. The molecule has 0 aliphatic carbocycles. The van der Waals surface area contributed by atoms with Gasteiger partial charge in [-0.15, -0.1) is 0 Å². The molecule has 4 aromatic rings. The molecule has 0 N–H and O–H groups in total. The molecule has 1 atom stereocenters. The smallest absolute Gasteiger partial charge is 0.242 e. The molecule has 0 spiro atoms. The van der Waals surface area contributed by atoms with Crippen molar-refractivity contribution in [3.63, 3.8) is 0 Å². The SMILES string of the molecule is CCOc1cc(OC)c(CN(Cc2ccccc2)c2cc3c(cc2C)OC(C)(CN(C)S(=O)(=O)c2ccccc2)C=C3)c(OC)c1. The lowest BCUT2D eigenvalue weighted by atomic mass is 9.98. The van der Waals surface area contributed by atoms with Crippen molar-refractivity contribution in [2.75, 3.05) is 39.3 Å². The number of likely N-dealkylation sites (N-methyl/N-ethyl adjacent to an activating group) is 1. The van der Waals surface area contributed by atoms with Crippen molar-refractivity contribution in [1.82, 2.24) is 4.31 Å². The third-order valence-corrected chi connectivity index (χ3v) is 9.89. The molecular weight excluding hydrogens is 600 g/mol. The van der Waals surface area contributed by atoms with Gasteiger partial charge in [-0.2, -0.15) is 4.31 Å². The monoisotopic (exact) mass is 642 g/mol. The Balaban J connectivity index is 1.47. The summed E-state index contributed by atoms with van der Waals surface area (Å²) in [6, 6.07) is 26.7. The molecule has 242 valence electrons. The number of ether oxygens (including phenoxy) is 4. The summed E-state index contributed by atoms with van der Waals surface area (Å²) in [5.74, 6) is 2.76. The zero-order chi connectivity index (χ0) is 32.9. The Kier molecular flexibility index (Phi) is 9.94. The topological polar surface area (TPSA) is 77.5 Å². The van der Waals surface area contributed by atoms with Crippen molar-refractivity contribution < 1.29 is 27.4 Å². The first kappa shape index (κ1) is 32.9. The minimum absolute atomic E-state index is 0.151. The summed E-state index contributed by atoms with van der Waals surface area (Å²) >= 11 is 0. The second-order valence-corrected chi connectivity index (χ2v) is 13.6. The lowest BCUT2D eigenvalue weighted by Crippen LogP contribution is -2.45. The van der Waals surface area contributed by atoms with Crippen LogP contribution in [0.2, 0.25) is 0 Å². The quantitative estimate of drug-likeness (QED) is 0.154. The maximum atomic E-state index is 13.2. The van der Waals surface area contributed by atoms with Gasteiger partial charge in [0.05, 0.1) is 44.4 Å². The lowest BCUT2D eigenvalue weighted by Gasteiger charge is -2.36. The number of nitrogens with zero attached hydrogens (tertiary/aromatic N) is 2. The summed E-state index contributed by atoms with van der Waals surface area (Å²) in [5.41, 5.74) is 4.16. The number of fused-ring (bicyclic) bond motifs is 1. The normalized spacial score (nSPS) is 15.6. The molecule has 46 heavy (non-hydrogen) atoms. The van der Waals surface area contributed by atoms with Crippen molar-refractivity contribution in [3.05, 3.63) is 113 Å². The molecule has 0 radical (unpaired) electrons. The van der Waals surface area contributed by atoms with Gasteiger partial charge in [0.2, 0.25) is 10.0 Å². The van der Waals surface area contributed by atoms with E-state index < -0.39 is 15.6 Å². The molecule has 0 fully saturated rings. The van der Waals surface area contributed by atoms with E-state index in [9.17, 15) is 8.42 Å². The summed E-state index contributed by atoms with van der Waals surface area (Å²) in [4.78, 5) is 2.55. The van der Waals surface area contributed by atoms with Crippen molar-refractivity contribution in [3.8, 4) is 23.0 Å². The summed E-state index contributed by atoms with van der Waals surface area (Å²) in [6.45, 7) is 7.75. The zero-order valence-electron chi connectivity index (χ0n) is 27.3. The van der Waals surface area contributed by atoms with Crippen LogP contribution in [0.3, 0.4) is 0 Å². The fourth-order valence-electron chi connectivity index (χ4n) is 5.77. The molecule has 5 rings (SSSR count). The van der Waals surface area contributed by atoms with Crippen molar-refractivity contribution in [2.45, 2.75) is 44.4 Å². The molecular formula is C37H42N2O6S. The highest BCUT2D eigenvalue weighted by atomic mass is 32.2. The number of hydrogen-bond acceptors (Lipinski definition) is 7. The van der Waals surface area contributed by atoms with E-state index in [4.69, 9.17) is 18.9 Å². The van der Waals surface area contributed by atoms with Gasteiger partial charge in [-0.25, -0.2) is 8.42 Å². The first-order chi connectivity index (χ1) is 22.1. The van der Waals surface area contributed by atoms with Gasteiger partial charge in [-0.1, -0.05) is 54.6 Å². The van der Waals surface area contributed by atoms with Crippen LogP contribution in [0.1, 0.15) is 36.1 Å². The van der Waals surface area contributed by atoms with Gasteiger partial charge >= 0.3 is 0 Å². The predicted octanol–water partition coefficient (Wildman–Crippen LogP) is 7.10. The summed E-state index contributed by atoms with van der Waals surface area (Å²) in [7, 11) is 1.22. The maximum absolute atomic E-state index is 13.2. The van der Waals surface area contributed by atoms with Crippen LogP contribution in [0.4, 0.5) is 5.69 Å². The van der Waals surface area contributed by atoms with Gasteiger partial charge in [-0.05, 0) is 62.2 Å². The first-order valence-corrected chi connectivity index (χ1v) is 16.7. The van der Waals surface area contributed by atoms with Crippen LogP contribution in [0, 0.1) is 6.92 Å². The molecule has 1 aliphatic heterocycles. The highest BCUT2D eigenvalue weighted by molar-refractivity contribution is 7.89. The van der Waals surface area contributed by atoms with Crippen LogP contribution in [0.5, 0.6) is 23.0 Å². The summed E-state index contributed by atoms with van der Waals surface area (Å²) < 4.78 is 51.7. The maximum Gasteiger partial charge on any atom is 0.242 e. The Bertz CT molecular complexity index is 1770. The van der Waals surface area contributed by atoms with Crippen molar-refractivity contribution in [1.29, 1.82) is 0 Å². The number of hydrogen-bond donors (Lipinski definition) is 0. The van der Waals surface area contributed by atoms with Crippen LogP contribution < -0.4 is 23.8 Å². The van der Waals surface area contributed by atoms with Crippen LogP contribution >= 0.6 is 0 Å². The second-order valence-electron chi connectivity index (χ2n) is 11.6. The van der Waals surface area contributed by atoms with Gasteiger partial charge in [-0.3, -0.25) is 0 Å². The number of aryl methyl sites for hydroxylation is 1. The molecule has 0 bridgehead atoms. The Morgan fingerprint density at radius 2 is 1.50 bits per heavy atom. The van der Waals surface area contributed by atoms with Crippen LogP contribution in [-0.2, 0) is 23.1 Å². The van der Waals surface area contributed by atoms with Crippen molar-refractivity contribution in [2.24, 2.45) is 0 Å². The van der Waals surface area contributed by atoms with Crippen LogP contribution in [-0.4, -0.2) is 52.7 Å². The van der Waals surface area contributed by atoms with Gasteiger partial charge in [0.15, 0.2) is 0 Å². The van der Waals surface area contributed by atoms with E-state index in [2.05, 4.69) is 30.0 Å². The Hall–Kier alpha value is -4.47. The van der Waals surface area contributed by atoms with Gasteiger partial charge in [0, 0.05) is 37.0 Å². The van der Waals surface area contributed by atoms with Crippen LogP contribution in [0.25, 0.3) is 6.08 Å². The minimum atomic E-state index is -3.67. The molecule has 4 aromatic carbocycles. The van der Waals surface area contributed by atoms with Crippen LogP contribution in [0.15, 0.2) is 95.9 Å². The molecule has 9 heteroatoms. The van der Waals surface area contributed by atoms with Gasteiger partial charge in [0.25, 0.3) is 0 Å². The molecule has 0 aromatic heterocycles. The molecule has 1 heterocycles. The van der Waals surface area contributed by atoms with Gasteiger partial charge < -0.3 is 23.8 Å². The highest BCUT2D eigenvalue weighted by Gasteiger charge is 2.34. The number of methoxy groups -OCH3 is 2. The van der Waals surface area contributed by atoms with Crippen molar-refractivity contribution >= 4 is 21.8 Å². The van der Waals surface area contributed by atoms with E-state index in [1.54, 1.807) is 51.6 Å². The summed E-state index contributed by atoms with van der Waals surface area (Å²) in [6.07, 6.45) is 3.95. The third-order valence-electron chi connectivity index (χ3n) is 8.07.